The average molecular weight is 226 g/mol. The predicted molar refractivity (Wildman–Crippen MR) is 62.9 cm³/mol. The number of nitriles is 1. The Balaban J connectivity index is 1.93. The van der Waals surface area contributed by atoms with Crippen LogP contribution in [0.15, 0.2) is 24.3 Å². The Hall–Kier alpha value is -1.82. The van der Waals surface area contributed by atoms with Crippen molar-refractivity contribution >= 4 is 5.91 Å². The first kappa shape index (κ1) is 10.3. The minimum absolute atomic E-state index is 0.00534. The maximum absolute atomic E-state index is 11.9. The van der Waals surface area contributed by atoms with Crippen LogP contribution in [0.2, 0.25) is 0 Å². The van der Waals surface area contributed by atoms with Gasteiger partial charge in [0.15, 0.2) is 0 Å². The summed E-state index contributed by atoms with van der Waals surface area (Å²) in [6.07, 6.45) is 2.15. The van der Waals surface area contributed by atoms with Crippen LogP contribution >= 0.6 is 0 Å². The number of hydrogen-bond donors (Lipinski definition) is 0. The van der Waals surface area contributed by atoms with Crippen LogP contribution in [-0.2, 0) is 11.2 Å². The fraction of sp³-hybridized carbons (Fsp3) is 0.429. The van der Waals surface area contributed by atoms with Crippen molar-refractivity contribution in [1.29, 1.82) is 5.26 Å². The Bertz CT molecular complexity index is 503. The number of likely N-dealkylation sites (tertiary alicyclic amines) is 1. The zero-order valence-corrected chi connectivity index (χ0v) is 9.60. The maximum atomic E-state index is 11.9. The third-order valence-corrected chi connectivity index (χ3v) is 3.93. The Morgan fingerprint density at radius 1 is 1.47 bits per heavy atom. The number of fused-ring (bicyclic) bond motifs is 3. The van der Waals surface area contributed by atoms with Crippen molar-refractivity contribution in [2.75, 3.05) is 6.54 Å². The van der Waals surface area contributed by atoms with Gasteiger partial charge in [0, 0.05) is 6.54 Å². The fourth-order valence-corrected chi connectivity index (χ4v) is 3.23. The Morgan fingerprint density at radius 2 is 2.29 bits per heavy atom. The molecule has 0 radical (unpaired) electrons. The first-order valence-corrected chi connectivity index (χ1v) is 6.05. The Morgan fingerprint density at radius 3 is 3.12 bits per heavy atom. The van der Waals surface area contributed by atoms with Crippen LogP contribution in [0.1, 0.15) is 30.0 Å². The molecule has 3 heteroatoms. The van der Waals surface area contributed by atoms with Crippen LogP contribution in [0.5, 0.6) is 0 Å². The molecule has 0 saturated carbocycles. The summed E-state index contributed by atoms with van der Waals surface area (Å²) in [5.41, 5.74) is 2.67. The standard InChI is InChI=1S/C14H14N2O/c15-7-5-13(17)16-8-6-11-9-10-3-1-2-4-12(10)14(11)16/h1-4,11,14H,5-6,8-9H2. The molecule has 0 bridgehead atoms. The summed E-state index contributed by atoms with van der Waals surface area (Å²) in [6.45, 7) is 0.810. The molecule has 0 N–H and O–H groups in total. The molecule has 0 aromatic heterocycles. The minimum atomic E-state index is -0.0169. The van der Waals surface area contributed by atoms with Gasteiger partial charge in [0.25, 0.3) is 0 Å². The van der Waals surface area contributed by atoms with Gasteiger partial charge in [0.05, 0.1) is 12.1 Å². The molecule has 2 aliphatic rings. The minimum Gasteiger partial charge on any atom is -0.334 e. The molecule has 1 aliphatic heterocycles. The van der Waals surface area contributed by atoms with Gasteiger partial charge in [0.1, 0.15) is 6.42 Å². The second-order valence-electron chi connectivity index (χ2n) is 4.82. The van der Waals surface area contributed by atoms with Crippen LogP contribution in [0, 0.1) is 17.2 Å². The number of amides is 1. The van der Waals surface area contributed by atoms with Crippen LogP contribution in [-0.4, -0.2) is 17.4 Å². The van der Waals surface area contributed by atoms with Crippen molar-refractivity contribution in [2.45, 2.75) is 25.3 Å². The van der Waals surface area contributed by atoms with Crippen LogP contribution in [0.25, 0.3) is 0 Å². The lowest BCUT2D eigenvalue weighted by Crippen LogP contribution is -2.30. The van der Waals surface area contributed by atoms with E-state index in [9.17, 15) is 4.79 Å². The van der Waals surface area contributed by atoms with Crippen molar-refractivity contribution in [3.05, 3.63) is 35.4 Å². The molecular weight excluding hydrogens is 212 g/mol. The third-order valence-electron chi connectivity index (χ3n) is 3.93. The van der Waals surface area contributed by atoms with Crippen molar-refractivity contribution in [2.24, 2.45) is 5.92 Å². The van der Waals surface area contributed by atoms with E-state index < -0.39 is 0 Å². The highest BCUT2D eigenvalue weighted by Crippen LogP contribution is 2.46. The smallest absolute Gasteiger partial charge is 0.237 e. The largest absolute Gasteiger partial charge is 0.334 e. The number of carbonyl (C=O) groups is 1. The molecule has 3 nitrogen and oxygen atoms in total. The van der Waals surface area contributed by atoms with Crippen molar-refractivity contribution < 1.29 is 4.79 Å². The maximum Gasteiger partial charge on any atom is 0.237 e. The zero-order valence-electron chi connectivity index (χ0n) is 9.60. The molecule has 1 saturated heterocycles. The van der Waals surface area contributed by atoms with Gasteiger partial charge in [-0.3, -0.25) is 4.79 Å². The average Bonchev–Trinajstić information content (AvgIpc) is 2.87. The summed E-state index contributed by atoms with van der Waals surface area (Å²) in [5, 5.41) is 8.64. The highest BCUT2D eigenvalue weighted by atomic mass is 16.2. The second-order valence-corrected chi connectivity index (χ2v) is 4.82. The lowest BCUT2D eigenvalue weighted by atomic mass is 10.0. The summed E-state index contributed by atoms with van der Waals surface area (Å²) in [6, 6.07) is 10.6. The first-order valence-electron chi connectivity index (χ1n) is 6.05. The summed E-state index contributed by atoms with van der Waals surface area (Å²) in [5.74, 6) is 0.548. The van der Waals surface area contributed by atoms with Crippen molar-refractivity contribution in [3.8, 4) is 6.07 Å². The summed E-state index contributed by atoms with van der Waals surface area (Å²) >= 11 is 0. The van der Waals surface area contributed by atoms with Crippen molar-refractivity contribution in [1.82, 2.24) is 4.90 Å². The van der Waals surface area contributed by atoms with E-state index in [1.54, 1.807) is 0 Å². The highest BCUT2D eigenvalue weighted by Gasteiger charge is 2.42. The number of nitrogens with zero attached hydrogens (tertiary/aromatic N) is 2. The van der Waals surface area contributed by atoms with Crippen LogP contribution < -0.4 is 0 Å². The molecule has 2 atom stereocenters. The molecule has 0 spiro atoms. The second kappa shape index (κ2) is 3.89. The zero-order chi connectivity index (χ0) is 11.8. The number of hydrogen-bond acceptors (Lipinski definition) is 2. The molecule has 1 heterocycles. The van der Waals surface area contributed by atoms with Gasteiger partial charge in [-0.1, -0.05) is 24.3 Å². The summed E-state index contributed by atoms with van der Waals surface area (Å²) in [4.78, 5) is 13.8. The van der Waals surface area contributed by atoms with Gasteiger partial charge in [-0.05, 0) is 29.9 Å². The SMILES string of the molecule is N#CCC(=O)N1CCC2Cc3ccccc3C21. The normalized spacial score (nSPS) is 25.2. The molecule has 1 amide bonds. The predicted octanol–water partition coefficient (Wildman–Crippen LogP) is 2.05. The molecule has 2 unspecified atom stereocenters. The molecule has 17 heavy (non-hydrogen) atoms. The molecule has 86 valence electrons. The van der Waals surface area contributed by atoms with Gasteiger partial charge in [0.2, 0.25) is 5.91 Å². The summed E-state index contributed by atoms with van der Waals surface area (Å²) < 4.78 is 0. The van der Waals surface area contributed by atoms with E-state index in [1.807, 2.05) is 17.0 Å². The van der Waals surface area contributed by atoms with Crippen LogP contribution in [0.3, 0.4) is 0 Å². The van der Waals surface area contributed by atoms with E-state index in [4.69, 9.17) is 5.26 Å². The molecular formula is C14H14N2O. The van der Waals surface area contributed by atoms with E-state index in [2.05, 4.69) is 18.2 Å². The van der Waals surface area contributed by atoms with E-state index >= 15 is 0 Å². The number of rotatable bonds is 1. The van der Waals surface area contributed by atoms with Gasteiger partial charge in [-0.2, -0.15) is 5.26 Å². The van der Waals surface area contributed by atoms with E-state index in [0.29, 0.717) is 5.92 Å². The molecule has 1 fully saturated rings. The third kappa shape index (κ3) is 1.52. The Labute approximate surface area is 101 Å². The van der Waals surface area contributed by atoms with E-state index in [0.717, 1.165) is 19.4 Å². The fourth-order valence-electron chi connectivity index (χ4n) is 3.23. The Kier molecular flexibility index (Phi) is 2.36. The number of benzene rings is 1. The molecule has 1 aromatic rings. The molecule has 1 aromatic carbocycles. The molecule has 3 rings (SSSR count). The van der Waals surface area contributed by atoms with Gasteiger partial charge in [-0.15, -0.1) is 0 Å². The van der Waals surface area contributed by atoms with Gasteiger partial charge in [-0.25, -0.2) is 0 Å². The quantitative estimate of drug-likeness (QED) is 0.735. The lowest BCUT2D eigenvalue weighted by Gasteiger charge is -2.24. The van der Waals surface area contributed by atoms with Gasteiger partial charge >= 0.3 is 0 Å². The van der Waals surface area contributed by atoms with E-state index in [1.165, 1.54) is 11.1 Å². The monoisotopic (exact) mass is 226 g/mol. The van der Waals surface area contributed by atoms with Gasteiger partial charge < -0.3 is 4.90 Å². The first-order chi connectivity index (χ1) is 8.31. The summed E-state index contributed by atoms with van der Waals surface area (Å²) in [7, 11) is 0. The highest BCUT2D eigenvalue weighted by molar-refractivity contribution is 5.79. The molecule has 1 aliphatic carbocycles. The lowest BCUT2D eigenvalue weighted by molar-refractivity contribution is -0.131. The van der Waals surface area contributed by atoms with Crippen LogP contribution in [0.4, 0.5) is 0 Å². The number of carbonyl (C=O) groups excluding carboxylic acids is 1. The topological polar surface area (TPSA) is 44.1 Å². The van der Waals surface area contributed by atoms with Crippen molar-refractivity contribution in [3.63, 3.8) is 0 Å². The van der Waals surface area contributed by atoms with E-state index in [-0.39, 0.29) is 18.4 Å².